The predicted octanol–water partition coefficient (Wildman–Crippen LogP) is 2.63. The third-order valence-corrected chi connectivity index (χ3v) is 4.15. The number of hydrogen-bond donors (Lipinski definition) is 1. The van der Waals surface area contributed by atoms with Gasteiger partial charge in [-0.25, -0.2) is 0 Å². The first kappa shape index (κ1) is 17.1. The van der Waals surface area contributed by atoms with E-state index in [1.165, 1.54) is 0 Å². The number of para-hydroxylation sites is 2. The van der Waals surface area contributed by atoms with Gasteiger partial charge in [0.25, 0.3) is 0 Å². The fourth-order valence-corrected chi connectivity index (χ4v) is 2.75. The molecule has 2 heterocycles. The highest BCUT2D eigenvalue weighted by atomic mass is 16.6. The van der Waals surface area contributed by atoms with E-state index < -0.39 is 0 Å². The maximum Gasteiger partial charge on any atom is 0.247 e. The average molecular weight is 365 g/mol. The van der Waals surface area contributed by atoms with E-state index in [2.05, 4.69) is 15.5 Å². The van der Waals surface area contributed by atoms with Gasteiger partial charge in [0.05, 0.1) is 6.54 Å². The van der Waals surface area contributed by atoms with Gasteiger partial charge in [-0.3, -0.25) is 4.79 Å². The lowest BCUT2D eigenvalue weighted by atomic mass is 10.2. The van der Waals surface area contributed by atoms with Crippen molar-refractivity contribution in [2.45, 2.75) is 18.9 Å². The number of aromatic nitrogens is 2. The molecule has 2 aromatic carbocycles. The number of carbonyl (C=O) groups excluding carboxylic acids is 1. The fourth-order valence-electron chi connectivity index (χ4n) is 2.75. The van der Waals surface area contributed by atoms with Crippen LogP contribution >= 0.6 is 0 Å². The van der Waals surface area contributed by atoms with Crippen molar-refractivity contribution in [2.75, 3.05) is 13.2 Å². The molecule has 1 aromatic heterocycles. The summed E-state index contributed by atoms with van der Waals surface area (Å²) in [5.74, 6) is 2.22. The summed E-state index contributed by atoms with van der Waals surface area (Å²) in [5, 5.41) is 10.9. The van der Waals surface area contributed by atoms with Gasteiger partial charge in [-0.2, -0.15) is 0 Å². The first-order valence-electron chi connectivity index (χ1n) is 8.81. The molecule has 7 heteroatoms. The summed E-state index contributed by atoms with van der Waals surface area (Å²) >= 11 is 0. The molecule has 0 fully saturated rings. The van der Waals surface area contributed by atoms with Gasteiger partial charge in [0.1, 0.15) is 12.7 Å². The summed E-state index contributed by atoms with van der Waals surface area (Å²) in [6.07, 6.45) is 0.439. The Hall–Kier alpha value is -3.35. The average Bonchev–Trinajstić information content (AvgIpc) is 3.20. The normalized spacial score (nSPS) is 15.3. The van der Waals surface area contributed by atoms with E-state index in [4.69, 9.17) is 13.9 Å². The number of ether oxygens (including phenoxy) is 2. The van der Waals surface area contributed by atoms with Gasteiger partial charge in [0.15, 0.2) is 11.5 Å². The Morgan fingerprint density at radius 2 is 1.81 bits per heavy atom. The van der Waals surface area contributed by atoms with Gasteiger partial charge in [0.2, 0.25) is 17.7 Å². The van der Waals surface area contributed by atoms with Gasteiger partial charge < -0.3 is 19.2 Å². The second kappa shape index (κ2) is 7.90. The minimum atomic E-state index is -0.211. The number of aryl methyl sites for hydroxylation is 1. The third-order valence-electron chi connectivity index (χ3n) is 4.15. The standard InChI is InChI=1S/C20H19N3O4/c24-18(21-12-15-13-25-16-8-4-5-9-17(16)26-15)10-11-19-22-23-20(27-19)14-6-2-1-3-7-14/h1-9,15H,10-13H2,(H,21,24)/t15-/m1/s1. The summed E-state index contributed by atoms with van der Waals surface area (Å²) in [5.41, 5.74) is 0.857. The molecule has 1 N–H and O–H groups in total. The zero-order valence-electron chi connectivity index (χ0n) is 14.6. The first-order chi connectivity index (χ1) is 13.3. The number of carbonyl (C=O) groups is 1. The number of fused-ring (bicyclic) bond motifs is 1. The minimum Gasteiger partial charge on any atom is -0.486 e. The highest BCUT2D eigenvalue weighted by Crippen LogP contribution is 2.30. The highest BCUT2D eigenvalue weighted by molar-refractivity contribution is 5.76. The van der Waals surface area contributed by atoms with E-state index in [9.17, 15) is 4.79 Å². The Kier molecular flexibility index (Phi) is 5.00. The van der Waals surface area contributed by atoms with Crippen LogP contribution in [0.1, 0.15) is 12.3 Å². The molecule has 1 amide bonds. The minimum absolute atomic E-state index is 0.100. The molecule has 0 saturated carbocycles. The summed E-state index contributed by atoms with van der Waals surface area (Å²) in [6.45, 7) is 0.785. The third kappa shape index (κ3) is 4.25. The van der Waals surface area contributed by atoms with Crippen LogP contribution in [0.3, 0.4) is 0 Å². The van der Waals surface area contributed by atoms with Crippen LogP contribution in [-0.2, 0) is 11.2 Å². The summed E-state index contributed by atoms with van der Waals surface area (Å²) in [4.78, 5) is 12.1. The highest BCUT2D eigenvalue weighted by Gasteiger charge is 2.21. The van der Waals surface area contributed by atoms with Crippen LogP contribution in [-0.4, -0.2) is 35.4 Å². The van der Waals surface area contributed by atoms with E-state index in [0.717, 1.165) is 11.3 Å². The number of benzene rings is 2. The number of rotatable bonds is 6. The fraction of sp³-hybridized carbons (Fsp3) is 0.250. The molecule has 0 saturated heterocycles. The molecule has 3 aromatic rings. The zero-order chi connectivity index (χ0) is 18.5. The molecule has 1 atom stereocenters. The lowest BCUT2D eigenvalue weighted by Gasteiger charge is -2.26. The van der Waals surface area contributed by atoms with Crippen LogP contribution < -0.4 is 14.8 Å². The van der Waals surface area contributed by atoms with Crippen molar-refractivity contribution in [3.8, 4) is 23.0 Å². The molecule has 4 rings (SSSR count). The molecule has 27 heavy (non-hydrogen) atoms. The topological polar surface area (TPSA) is 86.5 Å². The first-order valence-corrected chi connectivity index (χ1v) is 8.81. The quantitative estimate of drug-likeness (QED) is 0.723. The van der Waals surface area contributed by atoms with Gasteiger partial charge in [-0.15, -0.1) is 10.2 Å². The van der Waals surface area contributed by atoms with Crippen LogP contribution in [0.2, 0.25) is 0 Å². The van der Waals surface area contributed by atoms with E-state index in [1.807, 2.05) is 54.6 Å². The molecular weight excluding hydrogens is 346 g/mol. The van der Waals surface area contributed by atoms with E-state index in [0.29, 0.717) is 37.1 Å². The predicted molar refractivity (Wildman–Crippen MR) is 97.4 cm³/mol. The van der Waals surface area contributed by atoms with Crippen molar-refractivity contribution in [1.29, 1.82) is 0 Å². The van der Waals surface area contributed by atoms with Crippen molar-refractivity contribution in [3.05, 3.63) is 60.5 Å². The molecule has 0 aliphatic carbocycles. The van der Waals surface area contributed by atoms with E-state index >= 15 is 0 Å². The Labute approximate surface area is 156 Å². The van der Waals surface area contributed by atoms with Crippen molar-refractivity contribution in [1.82, 2.24) is 15.5 Å². The van der Waals surface area contributed by atoms with Crippen molar-refractivity contribution in [3.63, 3.8) is 0 Å². The maximum absolute atomic E-state index is 12.1. The number of nitrogens with zero attached hydrogens (tertiary/aromatic N) is 2. The van der Waals surface area contributed by atoms with Gasteiger partial charge in [0, 0.05) is 18.4 Å². The largest absolute Gasteiger partial charge is 0.486 e. The molecule has 7 nitrogen and oxygen atoms in total. The lowest BCUT2D eigenvalue weighted by molar-refractivity contribution is -0.121. The molecular formula is C20H19N3O4. The summed E-state index contributed by atoms with van der Waals surface area (Å²) < 4.78 is 17.1. The molecule has 138 valence electrons. The molecule has 1 aliphatic rings. The van der Waals surface area contributed by atoms with Crippen LogP contribution in [0, 0.1) is 0 Å². The number of amides is 1. The number of hydrogen-bond acceptors (Lipinski definition) is 6. The Bertz CT molecular complexity index is 910. The zero-order valence-corrected chi connectivity index (χ0v) is 14.6. The Morgan fingerprint density at radius 1 is 1.04 bits per heavy atom. The molecule has 0 unspecified atom stereocenters. The van der Waals surface area contributed by atoms with Gasteiger partial charge in [-0.05, 0) is 24.3 Å². The summed E-state index contributed by atoms with van der Waals surface area (Å²) in [6, 6.07) is 17.0. The smallest absolute Gasteiger partial charge is 0.247 e. The molecule has 0 bridgehead atoms. The van der Waals surface area contributed by atoms with Crippen LogP contribution in [0.15, 0.2) is 59.0 Å². The second-order valence-electron chi connectivity index (χ2n) is 6.17. The van der Waals surface area contributed by atoms with Gasteiger partial charge in [-0.1, -0.05) is 30.3 Å². The van der Waals surface area contributed by atoms with E-state index in [1.54, 1.807) is 0 Å². The van der Waals surface area contributed by atoms with Crippen molar-refractivity contribution >= 4 is 5.91 Å². The Balaban J connectivity index is 1.23. The van der Waals surface area contributed by atoms with Crippen LogP contribution in [0.25, 0.3) is 11.5 Å². The molecule has 1 aliphatic heterocycles. The summed E-state index contributed by atoms with van der Waals surface area (Å²) in [7, 11) is 0. The van der Waals surface area contributed by atoms with Crippen LogP contribution in [0.5, 0.6) is 11.5 Å². The van der Waals surface area contributed by atoms with Crippen molar-refractivity contribution < 1.29 is 18.7 Å². The SMILES string of the molecule is O=C(CCc1nnc(-c2ccccc2)o1)NC[C@@H]1COc2ccccc2O1. The molecule has 0 spiro atoms. The molecule has 0 radical (unpaired) electrons. The van der Waals surface area contributed by atoms with Crippen LogP contribution in [0.4, 0.5) is 0 Å². The second-order valence-corrected chi connectivity index (χ2v) is 6.17. The Morgan fingerprint density at radius 3 is 2.67 bits per heavy atom. The maximum atomic E-state index is 12.1. The lowest BCUT2D eigenvalue weighted by Crippen LogP contribution is -2.40. The van der Waals surface area contributed by atoms with Crippen molar-refractivity contribution in [2.24, 2.45) is 0 Å². The monoisotopic (exact) mass is 365 g/mol. The van der Waals surface area contributed by atoms with Gasteiger partial charge >= 0.3 is 0 Å². The van der Waals surface area contributed by atoms with E-state index in [-0.39, 0.29) is 18.4 Å². The number of nitrogens with one attached hydrogen (secondary N) is 1.